The van der Waals surface area contributed by atoms with Crippen LogP contribution in [-0.2, 0) is 4.74 Å². The van der Waals surface area contributed by atoms with Crippen molar-refractivity contribution in [3.63, 3.8) is 0 Å². The molecule has 2 aromatic rings. The van der Waals surface area contributed by atoms with E-state index < -0.39 is 6.10 Å². The van der Waals surface area contributed by atoms with Crippen molar-refractivity contribution in [2.45, 2.75) is 12.5 Å². The third kappa shape index (κ3) is 4.60. The Bertz CT molecular complexity index is 592. The van der Waals surface area contributed by atoms with Crippen LogP contribution in [0.1, 0.15) is 18.1 Å². The zero-order valence-electron chi connectivity index (χ0n) is 11.6. The maximum absolute atomic E-state index is 9.18. The zero-order valence-corrected chi connectivity index (χ0v) is 11.6. The van der Waals surface area contributed by atoms with Crippen molar-refractivity contribution in [3.05, 3.63) is 60.2 Å². The summed E-state index contributed by atoms with van der Waals surface area (Å²) in [5.74, 6) is 1.40. The molecule has 0 amide bonds. The number of nitrogens with zero attached hydrogens (tertiary/aromatic N) is 1. The fourth-order valence-electron chi connectivity index (χ4n) is 1.84. The van der Waals surface area contributed by atoms with Crippen molar-refractivity contribution >= 4 is 0 Å². The lowest BCUT2D eigenvalue weighted by Gasteiger charge is -2.12. The summed E-state index contributed by atoms with van der Waals surface area (Å²) in [5.41, 5.74) is 0.740. The van der Waals surface area contributed by atoms with Gasteiger partial charge in [0.1, 0.15) is 11.5 Å². The molecule has 0 bridgehead atoms. The predicted molar refractivity (Wildman–Crippen MR) is 79.0 cm³/mol. The van der Waals surface area contributed by atoms with E-state index in [1.165, 1.54) is 0 Å². The Morgan fingerprint density at radius 1 is 1.05 bits per heavy atom. The summed E-state index contributed by atoms with van der Waals surface area (Å²) in [7, 11) is 0. The Labute approximate surface area is 124 Å². The van der Waals surface area contributed by atoms with Crippen molar-refractivity contribution in [2.24, 2.45) is 0 Å². The normalized spacial score (nSPS) is 11.6. The van der Waals surface area contributed by atoms with E-state index in [0.717, 1.165) is 11.3 Å². The van der Waals surface area contributed by atoms with Gasteiger partial charge >= 0.3 is 0 Å². The number of aliphatic hydroxyl groups excluding tert-OH is 1. The van der Waals surface area contributed by atoms with Crippen molar-refractivity contribution in [1.29, 1.82) is 5.26 Å². The van der Waals surface area contributed by atoms with Crippen LogP contribution in [0.3, 0.4) is 0 Å². The van der Waals surface area contributed by atoms with Crippen molar-refractivity contribution in [2.75, 3.05) is 13.2 Å². The zero-order chi connectivity index (χ0) is 14.9. The van der Waals surface area contributed by atoms with Crippen LogP contribution in [0.2, 0.25) is 0 Å². The lowest BCUT2D eigenvalue weighted by atomic mass is 10.1. The van der Waals surface area contributed by atoms with Gasteiger partial charge in [-0.15, -0.1) is 0 Å². The molecule has 108 valence electrons. The van der Waals surface area contributed by atoms with Gasteiger partial charge in [0, 0.05) is 6.61 Å². The summed E-state index contributed by atoms with van der Waals surface area (Å²) in [5, 5.41) is 17.9. The maximum Gasteiger partial charge on any atom is 0.169 e. The minimum Gasteiger partial charge on any atom is -0.457 e. The van der Waals surface area contributed by atoms with Gasteiger partial charge in [-0.1, -0.05) is 30.3 Å². The van der Waals surface area contributed by atoms with E-state index in [1.807, 2.05) is 48.5 Å². The highest BCUT2D eigenvalue weighted by atomic mass is 16.5. The molecule has 1 atom stereocenters. The van der Waals surface area contributed by atoms with Gasteiger partial charge in [0.15, 0.2) is 6.10 Å². The topological polar surface area (TPSA) is 62.5 Å². The van der Waals surface area contributed by atoms with Gasteiger partial charge in [-0.05, 0) is 36.2 Å². The quantitative estimate of drug-likeness (QED) is 0.791. The van der Waals surface area contributed by atoms with Gasteiger partial charge in [-0.25, -0.2) is 0 Å². The molecule has 0 aliphatic carbocycles. The van der Waals surface area contributed by atoms with Gasteiger partial charge in [0.05, 0.1) is 12.7 Å². The van der Waals surface area contributed by atoms with Crippen molar-refractivity contribution < 1.29 is 14.6 Å². The molecule has 1 N–H and O–H groups in total. The molecule has 0 aromatic heterocycles. The van der Waals surface area contributed by atoms with Gasteiger partial charge in [0.2, 0.25) is 0 Å². The molecule has 0 aliphatic heterocycles. The van der Waals surface area contributed by atoms with Crippen LogP contribution in [0.15, 0.2) is 54.6 Å². The second kappa shape index (κ2) is 8.05. The number of aliphatic hydroxyl groups is 1. The van der Waals surface area contributed by atoms with Crippen molar-refractivity contribution in [3.8, 4) is 17.6 Å². The molecule has 21 heavy (non-hydrogen) atoms. The number of rotatable bonds is 7. The molecular formula is C17H17NO3. The van der Waals surface area contributed by atoms with Crippen LogP contribution >= 0.6 is 0 Å². The molecule has 0 aliphatic rings. The molecule has 0 saturated heterocycles. The smallest absolute Gasteiger partial charge is 0.169 e. The first-order chi connectivity index (χ1) is 10.3. The third-order valence-electron chi connectivity index (χ3n) is 2.84. The number of hydrogen-bond donors (Lipinski definition) is 1. The number of ether oxygens (including phenoxy) is 2. The number of benzene rings is 2. The highest BCUT2D eigenvalue weighted by Gasteiger charge is 2.11. The van der Waals surface area contributed by atoms with E-state index in [-0.39, 0.29) is 6.61 Å². The van der Waals surface area contributed by atoms with E-state index in [1.54, 1.807) is 6.07 Å². The van der Waals surface area contributed by atoms with E-state index in [2.05, 4.69) is 6.07 Å². The minimum atomic E-state index is -0.657. The maximum atomic E-state index is 9.18. The van der Waals surface area contributed by atoms with Crippen LogP contribution in [0.5, 0.6) is 11.5 Å². The van der Waals surface area contributed by atoms with Crippen LogP contribution in [-0.4, -0.2) is 18.3 Å². The third-order valence-corrected chi connectivity index (χ3v) is 2.84. The standard InChI is InChI=1S/C17H17NO3/c18-13-17(20-11-5-10-19)14-6-4-9-16(12-14)21-15-7-2-1-3-8-15/h1-4,6-9,12,17,19H,5,10-11H2. The van der Waals surface area contributed by atoms with Crippen LogP contribution in [0.25, 0.3) is 0 Å². The van der Waals surface area contributed by atoms with Gasteiger partial charge in [-0.3, -0.25) is 0 Å². The summed E-state index contributed by atoms with van der Waals surface area (Å²) in [4.78, 5) is 0. The predicted octanol–water partition coefficient (Wildman–Crippen LogP) is 3.44. The van der Waals surface area contributed by atoms with E-state index >= 15 is 0 Å². The average Bonchev–Trinajstić information content (AvgIpc) is 2.53. The first kappa shape index (κ1) is 15.0. The van der Waals surface area contributed by atoms with Gasteiger partial charge in [0.25, 0.3) is 0 Å². The SMILES string of the molecule is N#CC(OCCCO)c1cccc(Oc2ccccc2)c1. The lowest BCUT2D eigenvalue weighted by Crippen LogP contribution is -2.04. The molecular weight excluding hydrogens is 266 g/mol. The average molecular weight is 283 g/mol. The van der Waals surface area contributed by atoms with Crippen LogP contribution in [0, 0.1) is 11.3 Å². The highest BCUT2D eigenvalue weighted by molar-refractivity contribution is 5.36. The second-order valence-electron chi connectivity index (χ2n) is 4.44. The first-order valence-corrected chi connectivity index (χ1v) is 6.78. The fraction of sp³-hybridized carbons (Fsp3) is 0.235. The number of hydrogen-bond acceptors (Lipinski definition) is 4. The molecule has 4 nitrogen and oxygen atoms in total. The Morgan fingerprint density at radius 2 is 1.81 bits per heavy atom. The van der Waals surface area contributed by atoms with Gasteiger partial charge in [-0.2, -0.15) is 5.26 Å². The molecule has 2 rings (SSSR count). The highest BCUT2D eigenvalue weighted by Crippen LogP contribution is 2.25. The fourth-order valence-corrected chi connectivity index (χ4v) is 1.84. The number of nitriles is 1. The Hall–Kier alpha value is -2.35. The Morgan fingerprint density at radius 3 is 2.52 bits per heavy atom. The van der Waals surface area contributed by atoms with E-state index in [0.29, 0.717) is 18.8 Å². The van der Waals surface area contributed by atoms with Gasteiger partial charge < -0.3 is 14.6 Å². The molecule has 4 heteroatoms. The molecule has 0 spiro atoms. The summed E-state index contributed by atoms with van der Waals surface area (Å²) in [6, 6.07) is 18.8. The summed E-state index contributed by atoms with van der Waals surface area (Å²) in [6.45, 7) is 0.397. The first-order valence-electron chi connectivity index (χ1n) is 6.78. The van der Waals surface area contributed by atoms with Crippen LogP contribution in [0.4, 0.5) is 0 Å². The van der Waals surface area contributed by atoms with Crippen LogP contribution < -0.4 is 4.74 Å². The summed E-state index contributed by atoms with van der Waals surface area (Å²) < 4.78 is 11.2. The minimum absolute atomic E-state index is 0.0509. The molecule has 1 unspecified atom stereocenters. The Balaban J connectivity index is 2.07. The van der Waals surface area contributed by atoms with Crippen molar-refractivity contribution in [1.82, 2.24) is 0 Å². The van der Waals surface area contributed by atoms with E-state index in [9.17, 15) is 5.26 Å². The largest absolute Gasteiger partial charge is 0.457 e. The number of para-hydroxylation sites is 1. The molecule has 0 heterocycles. The van der Waals surface area contributed by atoms with E-state index in [4.69, 9.17) is 14.6 Å². The molecule has 0 saturated carbocycles. The monoisotopic (exact) mass is 283 g/mol. The Kier molecular flexibility index (Phi) is 5.77. The molecule has 0 fully saturated rings. The molecule has 2 aromatic carbocycles. The molecule has 0 radical (unpaired) electrons. The second-order valence-corrected chi connectivity index (χ2v) is 4.44. The summed E-state index contributed by atoms with van der Waals surface area (Å²) in [6.07, 6.45) is -0.144. The lowest BCUT2D eigenvalue weighted by molar-refractivity contribution is 0.0773. The summed E-state index contributed by atoms with van der Waals surface area (Å²) >= 11 is 0.